The molecule has 0 spiro atoms. The van der Waals surface area contributed by atoms with E-state index in [-0.39, 0.29) is 0 Å². The van der Waals surface area contributed by atoms with Crippen LogP contribution in [0.5, 0.6) is 5.75 Å². The van der Waals surface area contributed by atoms with E-state index in [4.69, 9.17) is 10.5 Å². The Morgan fingerprint density at radius 1 is 1.22 bits per heavy atom. The Hall–Kier alpha value is -1.61. The maximum atomic E-state index is 5.62. The van der Waals surface area contributed by atoms with Gasteiger partial charge in [-0.2, -0.15) is 0 Å². The number of benzene rings is 1. The fraction of sp³-hybridized carbons (Fsp3) is 0.400. The molecule has 0 amide bonds. The molecule has 0 aliphatic carbocycles. The van der Waals surface area contributed by atoms with E-state index in [1.54, 1.807) is 0 Å². The van der Waals surface area contributed by atoms with Gasteiger partial charge in [0.2, 0.25) is 0 Å². The van der Waals surface area contributed by atoms with Gasteiger partial charge in [0.15, 0.2) is 0 Å². The molecule has 0 aliphatic rings. The van der Waals surface area contributed by atoms with Gasteiger partial charge >= 0.3 is 0 Å². The molecule has 1 aromatic heterocycles. The molecule has 0 saturated carbocycles. The third kappa shape index (κ3) is 2.79. The third-order valence-electron chi connectivity index (χ3n) is 3.02. The van der Waals surface area contributed by atoms with Gasteiger partial charge in [0.1, 0.15) is 11.3 Å². The fourth-order valence-corrected chi connectivity index (χ4v) is 2.16. The number of hydrogen-bond acceptors (Lipinski definition) is 3. The minimum Gasteiger partial charge on any atom is -0.492 e. The van der Waals surface area contributed by atoms with Crippen LogP contribution in [0.15, 0.2) is 30.5 Å². The predicted octanol–water partition coefficient (Wildman–Crippen LogP) is 2.91. The molecule has 1 heterocycles. The number of nitrogens with zero attached hydrogens (tertiary/aromatic N) is 1. The van der Waals surface area contributed by atoms with Crippen LogP contribution in [0.3, 0.4) is 0 Å². The molecule has 2 N–H and O–H groups in total. The van der Waals surface area contributed by atoms with Crippen LogP contribution >= 0.6 is 0 Å². The number of rotatable bonds is 6. The first-order chi connectivity index (χ1) is 8.86. The summed E-state index contributed by atoms with van der Waals surface area (Å²) in [5.41, 5.74) is 7.83. The average molecular weight is 244 g/mol. The van der Waals surface area contributed by atoms with Gasteiger partial charge in [-0.3, -0.25) is 4.98 Å². The molecule has 0 atom stereocenters. The molecule has 0 radical (unpaired) electrons. The smallest absolute Gasteiger partial charge is 0.145 e. The molecule has 96 valence electrons. The van der Waals surface area contributed by atoms with Crippen molar-refractivity contribution < 1.29 is 4.74 Å². The van der Waals surface area contributed by atoms with Crippen molar-refractivity contribution >= 4 is 10.9 Å². The summed E-state index contributed by atoms with van der Waals surface area (Å²) in [5, 5.41) is 1.19. The molecule has 0 aliphatic heterocycles. The van der Waals surface area contributed by atoms with Crippen LogP contribution in [0.2, 0.25) is 0 Å². The molecular weight excluding hydrogens is 224 g/mol. The summed E-state index contributed by atoms with van der Waals surface area (Å²) in [6.07, 6.45) is 5.05. The maximum Gasteiger partial charge on any atom is 0.145 e. The highest BCUT2D eigenvalue weighted by atomic mass is 16.5. The van der Waals surface area contributed by atoms with Gasteiger partial charge in [-0.25, -0.2) is 0 Å². The Labute approximate surface area is 108 Å². The van der Waals surface area contributed by atoms with Crippen molar-refractivity contribution in [3.05, 3.63) is 36.0 Å². The number of ether oxygens (including phenoxy) is 1. The van der Waals surface area contributed by atoms with Crippen LogP contribution in [0.4, 0.5) is 0 Å². The van der Waals surface area contributed by atoms with Gasteiger partial charge < -0.3 is 10.5 Å². The zero-order chi connectivity index (χ0) is 12.8. The Kier molecular flexibility index (Phi) is 4.53. The second kappa shape index (κ2) is 6.36. The largest absolute Gasteiger partial charge is 0.492 e. The van der Waals surface area contributed by atoms with E-state index in [0.29, 0.717) is 6.61 Å². The SMILES string of the molecule is CCOc1ccc(CCCCN)c2cccnc12. The second-order valence-corrected chi connectivity index (χ2v) is 4.30. The van der Waals surface area contributed by atoms with E-state index in [0.717, 1.165) is 37.1 Å². The minimum atomic E-state index is 0.665. The first-order valence-electron chi connectivity index (χ1n) is 6.56. The molecule has 3 heteroatoms. The standard InChI is InChI=1S/C15H20N2O/c1-2-18-14-9-8-12(6-3-4-10-16)13-7-5-11-17-15(13)14/h5,7-9,11H,2-4,6,10,16H2,1H3. The van der Waals surface area contributed by atoms with Crippen LogP contribution < -0.4 is 10.5 Å². The molecule has 0 unspecified atom stereocenters. The van der Waals surface area contributed by atoms with Crippen molar-refractivity contribution in [1.29, 1.82) is 0 Å². The molecule has 2 rings (SSSR count). The Morgan fingerprint density at radius 2 is 2.11 bits per heavy atom. The van der Waals surface area contributed by atoms with Gasteiger partial charge in [-0.15, -0.1) is 0 Å². The lowest BCUT2D eigenvalue weighted by molar-refractivity contribution is 0.343. The van der Waals surface area contributed by atoms with Crippen LogP contribution in [0, 0.1) is 0 Å². The lowest BCUT2D eigenvalue weighted by Crippen LogP contribution is -2.00. The van der Waals surface area contributed by atoms with E-state index in [1.165, 1.54) is 10.9 Å². The number of aryl methyl sites for hydroxylation is 1. The summed E-state index contributed by atoms with van der Waals surface area (Å²) in [5.74, 6) is 0.871. The molecule has 0 fully saturated rings. The lowest BCUT2D eigenvalue weighted by atomic mass is 10.0. The summed E-state index contributed by atoms with van der Waals surface area (Å²) in [6, 6.07) is 8.26. The van der Waals surface area contributed by atoms with Gasteiger partial charge in [0, 0.05) is 11.6 Å². The second-order valence-electron chi connectivity index (χ2n) is 4.30. The number of unbranched alkanes of at least 4 members (excludes halogenated alkanes) is 1. The highest BCUT2D eigenvalue weighted by Gasteiger charge is 2.07. The highest BCUT2D eigenvalue weighted by Crippen LogP contribution is 2.27. The quantitative estimate of drug-likeness (QED) is 0.795. The third-order valence-corrected chi connectivity index (χ3v) is 3.02. The van der Waals surface area contributed by atoms with E-state index < -0.39 is 0 Å². The Bertz CT molecular complexity index is 511. The fourth-order valence-electron chi connectivity index (χ4n) is 2.16. The maximum absolute atomic E-state index is 5.62. The van der Waals surface area contributed by atoms with Crippen molar-refractivity contribution in [2.24, 2.45) is 5.73 Å². The molecule has 0 bridgehead atoms. The summed E-state index contributed by atoms with van der Waals surface area (Å²) in [7, 11) is 0. The van der Waals surface area contributed by atoms with Crippen LogP contribution in [-0.2, 0) is 6.42 Å². The molecule has 2 aromatic rings. The summed E-state index contributed by atoms with van der Waals surface area (Å²) < 4.78 is 5.62. The van der Waals surface area contributed by atoms with E-state index in [1.807, 2.05) is 25.3 Å². The van der Waals surface area contributed by atoms with Gasteiger partial charge in [-0.1, -0.05) is 12.1 Å². The number of fused-ring (bicyclic) bond motifs is 1. The zero-order valence-electron chi connectivity index (χ0n) is 10.9. The lowest BCUT2D eigenvalue weighted by Gasteiger charge is -2.10. The highest BCUT2D eigenvalue weighted by molar-refractivity contribution is 5.87. The number of pyridine rings is 1. The topological polar surface area (TPSA) is 48.1 Å². The van der Waals surface area contributed by atoms with Gasteiger partial charge in [0.05, 0.1) is 6.61 Å². The normalized spacial score (nSPS) is 10.8. The monoisotopic (exact) mass is 244 g/mol. The molecule has 1 aromatic carbocycles. The summed E-state index contributed by atoms with van der Waals surface area (Å²) in [4.78, 5) is 4.44. The minimum absolute atomic E-state index is 0.665. The molecular formula is C15H20N2O. The Balaban J connectivity index is 2.34. The van der Waals surface area contributed by atoms with Crippen molar-refractivity contribution in [2.75, 3.05) is 13.2 Å². The Morgan fingerprint density at radius 3 is 2.89 bits per heavy atom. The van der Waals surface area contributed by atoms with Crippen LogP contribution in [-0.4, -0.2) is 18.1 Å². The van der Waals surface area contributed by atoms with Crippen molar-refractivity contribution in [3.63, 3.8) is 0 Å². The number of hydrogen-bond donors (Lipinski definition) is 1. The number of aromatic nitrogens is 1. The van der Waals surface area contributed by atoms with E-state index in [9.17, 15) is 0 Å². The molecule has 0 saturated heterocycles. The van der Waals surface area contributed by atoms with E-state index in [2.05, 4.69) is 17.1 Å². The first-order valence-corrected chi connectivity index (χ1v) is 6.56. The van der Waals surface area contributed by atoms with Gasteiger partial charge in [-0.05, 0) is 50.4 Å². The molecule has 18 heavy (non-hydrogen) atoms. The van der Waals surface area contributed by atoms with Crippen LogP contribution in [0.25, 0.3) is 10.9 Å². The zero-order valence-corrected chi connectivity index (χ0v) is 10.9. The van der Waals surface area contributed by atoms with Crippen molar-refractivity contribution in [1.82, 2.24) is 4.98 Å². The average Bonchev–Trinajstić information content (AvgIpc) is 2.41. The predicted molar refractivity (Wildman–Crippen MR) is 74.9 cm³/mol. The van der Waals surface area contributed by atoms with Crippen molar-refractivity contribution in [2.45, 2.75) is 26.2 Å². The first kappa shape index (κ1) is 12.8. The molecule has 3 nitrogen and oxygen atoms in total. The van der Waals surface area contributed by atoms with Crippen molar-refractivity contribution in [3.8, 4) is 5.75 Å². The van der Waals surface area contributed by atoms with Gasteiger partial charge in [0.25, 0.3) is 0 Å². The van der Waals surface area contributed by atoms with E-state index >= 15 is 0 Å². The number of nitrogens with two attached hydrogens (primary N) is 1. The van der Waals surface area contributed by atoms with Crippen LogP contribution in [0.1, 0.15) is 25.3 Å². The summed E-state index contributed by atoms with van der Waals surface area (Å²) in [6.45, 7) is 3.41. The summed E-state index contributed by atoms with van der Waals surface area (Å²) >= 11 is 0.